The van der Waals surface area contributed by atoms with Gasteiger partial charge in [-0.25, -0.2) is 0 Å². The maximum atomic E-state index is 5.38. The van der Waals surface area contributed by atoms with Crippen molar-refractivity contribution in [3.8, 4) is 17.0 Å². The summed E-state index contributed by atoms with van der Waals surface area (Å²) in [4.78, 5) is 8.47. The number of nitrogens with zero attached hydrogens (tertiary/aromatic N) is 2. The van der Waals surface area contributed by atoms with E-state index < -0.39 is 0 Å². The third-order valence-corrected chi connectivity index (χ3v) is 2.94. The van der Waals surface area contributed by atoms with E-state index in [2.05, 4.69) is 16.0 Å². The third kappa shape index (κ3) is 1.70. The summed E-state index contributed by atoms with van der Waals surface area (Å²) in [5.74, 6) is 0.873. The lowest BCUT2D eigenvalue weighted by Crippen LogP contribution is -1.89. The molecule has 0 fully saturated rings. The summed E-state index contributed by atoms with van der Waals surface area (Å²) in [7, 11) is 1.68. The molecule has 18 heavy (non-hydrogen) atoms. The van der Waals surface area contributed by atoms with Gasteiger partial charge in [-0.2, -0.15) is 0 Å². The van der Waals surface area contributed by atoms with Crippen molar-refractivity contribution in [2.45, 2.75) is 0 Å². The number of ether oxygens (including phenoxy) is 1. The number of rotatable bonds is 2. The monoisotopic (exact) mass is 236 g/mol. The SMILES string of the molecule is COc1ccc(-c2cnccn2)c2ccccc12. The maximum absolute atomic E-state index is 5.38. The summed E-state index contributed by atoms with van der Waals surface area (Å²) in [5.41, 5.74) is 1.94. The summed E-state index contributed by atoms with van der Waals surface area (Å²) in [6.45, 7) is 0. The lowest BCUT2D eigenvalue weighted by molar-refractivity contribution is 0.420. The largest absolute Gasteiger partial charge is 0.496 e. The van der Waals surface area contributed by atoms with E-state index in [1.165, 1.54) is 0 Å². The molecule has 0 radical (unpaired) electrons. The van der Waals surface area contributed by atoms with Gasteiger partial charge in [0.1, 0.15) is 5.75 Å². The van der Waals surface area contributed by atoms with Gasteiger partial charge in [-0.15, -0.1) is 0 Å². The van der Waals surface area contributed by atoms with E-state index in [4.69, 9.17) is 4.74 Å². The number of methoxy groups -OCH3 is 1. The van der Waals surface area contributed by atoms with E-state index in [-0.39, 0.29) is 0 Å². The number of hydrogen-bond donors (Lipinski definition) is 0. The Morgan fingerprint density at radius 2 is 1.78 bits per heavy atom. The minimum atomic E-state index is 0.872. The molecule has 3 aromatic rings. The van der Waals surface area contributed by atoms with E-state index in [0.29, 0.717) is 0 Å². The highest BCUT2D eigenvalue weighted by Gasteiger charge is 2.08. The van der Waals surface area contributed by atoms with E-state index in [9.17, 15) is 0 Å². The van der Waals surface area contributed by atoms with E-state index in [1.807, 2.05) is 30.3 Å². The molecule has 3 nitrogen and oxygen atoms in total. The summed E-state index contributed by atoms with van der Waals surface area (Å²) < 4.78 is 5.38. The van der Waals surface area contributed by atoms with Crippen molar-refractivity contribution in [2.75, 3.05) is 7.11 Å². The molecule has 0 N–H and O–H groups in total. The highest BCUT2D eigenvalue weighted by molar-refractivity contribution is 5.99. The number of fused-ring (bicyclic) bond motifs is 1. The van der Waals surface area contributed by atoms with Crippen LogP contribution in [0.2, 0.25) is 0 Å². The van der Waals surface area contributed by atoms with Crippen molar-refractivity contribution in [3.63, 3.8) is 0 Å². The second-order valence-corrected chi connectivity index (χ2v) is 3.95. The summed E-state index contributed by atoms with van der Waals surface area (Å²) in [6.07, 6.45) is 5.15. The van der Waals surface area contributed by atoms with Crippen molar-refractivity contribution >= 4 is 10.8 Å². The number of benzene rings is 2. The average Bonchev–Trinajstić information content (AvgIpc) is 2.47. The standard InChI is InChI=1S/C15H12N2O/c1-18-15-7-6-12(14-10-16-8-9-17-14)11-4-2-3-5-13(11)15/h2-10H,1H3. The zero-order valence-corrected chi connectivity index (χ0v) is 10.00. The van der Waals surface area contributed by atoms with Crippen LogP contribution in [-0.4, -0.2) is 17.1 Å². The third-order valence-electron chi connectivity index (χ3n) is 2.94. The fourth-order valence-electron chi connectivity index (χ4n) is 2.11. The van der Waals surface area contributed by atoms with Crippen molar-refractivity contribution in [3.05, 3.63) is 55.0 Å². The Morgan fingerprint density at radius 1 is 0.944 bits per heavy atom. The Labute approximate surface area is 105 Å². The Hall–Kier alpha value is -2.42. The lowest BCUT2D eigenvalue weighted by Gasteiger charge is -2.09. The first kappa shape index (κ1) is 10.7. The molecule has 0 aliphatic carbocycles. The fourth-order valence-corrected chi connectivity index (χ4v) is 2.11. The van der Waals surface area contributed by atoms with Crippen LogP contribution in [0, 0.1) is 0 Å². The van der Waals surface area contributed by atoms with Gasteiger partial charge in [0.05, 0.1) is 19.0 Å². The van der Waals surface area contributed by atoms with Gasteiger partial charge in [0.25, 0.3) is 0 Å². The average molecular weight is 236 g/mol. The molecule has 0 aliphatic rings. The van der Waals surface area contributed by atoms with Gasteiger partial charge < -0.3 is 4.74 Å². The van der Waals surface area contributed by atoms with Crippen LogP contribution in [0.25, 0.3) is 22.0 Å². The summed E-state index contributed by atoms with van der Waals surface area (Å²) in [6, 6.07) is 12.1. The lowest BCUT2D eigenvalue weighted by atomic mass is 10.0. The van der Waals surface area contributed by atoms with Gasteiger partial charge in [-0.1, -0.05) is 24.3 Å². The van der Waals surface area contributed by atoms with Gasteiger partial charge in [0.2, 0.25) is 0 Å². The van der Waals surface area contributed by atoms with E-state index in [0.717, 1.165) is 27.8 Å². The molecule has 1 heterocycles. The molecule has 0 amide bonds. The van der Waals surface area contributed by atoms with Crippen LogP contribution >= 0.6 is 0 Å². The Morgan fingerprint density at radius 3 is 2.50 bits per heavy atom. The zero-order chi connectivity index (χ0) is 12.4. The van der Waals surface area contributed by atoms with E-state index in [1.54, 1.807) is 25.7 Å². The molecule has 3 heteroatoms. The zero-order valence-electron chi connectivity index (χ0n) is 10.00. The second-order valence-electron chi connectivity index (χ2n) is 3.95. The molecule has 0 bridgehead atoms. The molecule has 1 aromatic heterocycles. The summed E-state index contributed by atoms with van der Waals surface area (Å²) >= 11 is 0. The van der Waals surface area contributed by atoms with Crippen molar-refractivity contribution < 1.29 is 4.74 Å². The minimum absolute atomic E-state index is 0.872. The Balaban J connectivity index is 2.32. The molecule has 3 rings (SSSR count). The molecular formula is C15H12N2O. The predicted octanol–water partition coefficient (Wildman–Crippen LogP) is 3.31. The number of aromatic nitrogens is 2. The van der Waals surface area contributed by atoms with Crippen LogP contribution in [0.1, 0.15) is 0 Å². The van der Waals surface area contributed by atoms with Crippen LogP contribution in [0.15, 0.2) is 55.0 Å². The normalized spacial score (nSPS) is 10.5. The minimum Gasteiger partial charge on any atom is -0.496 e. The first-order valence-corrected chi connectivity index (χ1v) is 5.72. The predicted molar refractivity (Wildman–Crippen MR) is 71.5 cm³/mol. The maximum Gasteiger partial charge on any atom is 0.126 e. The topological polar surface area (TPSA) is 35.0 Å². The first-order chi connectivity index (χ1) is 8.90. The smallest absolute Gasteiger partial charge is 0.126 e. The summed E-state index contributed by atoms with van der Waals surface area (Å²) in [5, 5.41) is 2.21. The van der Waals surface area contributed by atoms with Gasteiger partial charge >= 0.3 is 0 Å². The molecule has 0 saturated heterocycles. The molecule has 0 spiro atoms. The molecule has 0 saturated carbocycles. The van der Waals surface area contributed by atoms with Crippen LogP contribution in [0.3, 0.4) is 0 Å². The highest BCUT2D eigenvalue weighted by Crippen LogP contribution is 2.32. The highest BCUT2D eigenvalue weighted by atomic mass is 16.5. The van der Waals surface area contributed by atoms with Gasteiger partial charge in [-0.05, 0) is 17.5 Å². The van der Waals surface area contributed by atoms with Crippen molar-refractivity contribution in [2.24, 2.45) is 0 Å². The van der Waals surface area contributed by atoms with Gasteiger partial charge in [-0.3, -0.25) is 9.97 Å². The molecule has 0 aliphatic heterocycles. The number of hydrogen-bond acceptors (Lipinski definition) is 3. The molecular weight excluding hydrogens is 224 g/mol. The molecule has 88 valence electrons. The van der Waals surface area contributed by atoms with Crippen LogP contribution < -0.4 is 4.74 Å². The molecule has 2 aromatic carbocycles. The Bertz CT molecular complexity index is 680. The van der Waals surface area contributed by atoms with E-state index >= 15 is 0 Å². The molecule has 0 unspecified atom stereocenters. The Kier molecular flexibility index (Phi) is 2.65. The quantitative estimate of drug-likeness (QED) is 0.684. The first-order valence-electron chi connectivity index (χ1n) is 5.72. The van der Waals surface area contributed by atoms with Crippen molar-refractivity contribution in [1.82, 2.24) is 9.97 Å². The van der Waals surface area contributed by atoms with Gasteiger partial charge in [0.15, 0.2) is 0 Å². The van der Waals surface area contributed by atoms with Crippen LogP contribution in [-0.2, 0) is 0 Å². The van der Waals surface area contributed by atoms with Gasteiger partial charge in [0, 0.05) is 23.3 Å². The molecule has 0 atom stereocenters. The van der Waals surface area contributed by atoms with Crippen LogP contribution in [0.5, 0.6) is 5.75 Å². The van der Waals surface area contributed by atoms with Crippen LogP contribution in [0.4, 0.5) is 0 Å². The van der Waals surface area contributed by atoms with Crippen molar-refractivity contribution in [1.29, 1.82) is 0 Å². The fraction of sp³-hybridized carbons (Fsp3) is 0.0667. The second kappa shape index (κ2) is 4.45.